The van der Waals surface area contributed by atoms with E-state index in [2.05, 4.69) is 36.5 Å². The van der Waals surface area contributed by atoms with Gasteiger partial charge in [0.15, 0.2) is 0 Å². The minimum atomic E-state index is 0.0397. The van der Waals surface area contributed by atoms with Crippen molar-refractivity contribution in [2.24, 2.45) is 5.92 Å². The van der Waals surface area contributed by atoms with Crippen molar-refractivity contribution in [1.29, 1.82) is 0 Å². The largest absolute Gasteiger partial charge is 0.349 e. The molecule has 0 bridgehead atoms. The molecule has 82 valence electrons. The molecule has 2 heteroatoms. The lowest BCUT2D eigenvalue weighted by Gasteiger charge is -2.16. The van der Waals surface area contributed by atoms with Crippen LogP contribution in [0.3, 0.4) is 0 Å². The Balaban J connectivity index is 2.65. The monoisotopic (exact) mass is 205 g/mol. The molecule has 15 heavy (non-hydrogen) atoms. The third kappa shape index (κ3) is 3.39. The van der Waals surface area contributed by atoms with E-state index in [0.717, 1.165) is 5.56 Å². The number of hydrogen-bond donors (Lipinski definition) is 1. The van der Waals surface area contributed by atoms with E-state index in [0.29, 0.717) is 0 Å². The fourth-order valence-electron chi connectivity index (χ4n) is 1.32. The van der Waals surface area contributed by atoms with Crippen LogP contribution in [0.4, 0.5) is 0 Å². The van der Waals surface area contributed by atoms with Gasteiger partial charge in [0.1, 0.15) is 0 Å². The van der Waals surface area contributed by atoms with Gasteiger partial charge in [0.2, 0.25) is 5.91 Å². The molecule has 0 spiro atoms. The Hall–Kier alpha value is -1.31. The number of hydrogen-bond acceptors (Lipinski definition) is 1. The number of nitrogens with one attached hydrogen (secondary N) is 1. The second-order valence-corrected chi connectivity index (χ2v) is 4.30. The van der Waals surface area contributed by atoms with Crippen molar-refractivity contribution >= 4 is 5.91 Å². The lowest BCUT2D eigenvalue weighted by Crippen LogP contribution is -2.30. The first-order valence-electron chi connectivity index (χ1n) is 5.37. The van der Waals surface area contributed by atoms with E-state index in [1.807, 2.05) is 20.8 Å². The number of amides is 1. The van der Waals surface area contributed by atoms with Gasteiger partial charge < -0.3 is 5.32 Å². The van der Waals surface area contributed by atoms with Crippen LogP contribution in [0.5, 0.6) is 0 Å². The number of benzene rings is 1. The molecule has 0 aromatic heterocycles. The van der Waals surface area contributed by atoms with Gasteiger partial charge in [-0.25, -0.2) is 0 Å². The molecule has 1 atom stereocenters. The van der Waals surface area contributed by atoms with Gasteiger partial charge in [-0.05, 0) is 19.4 Å². The highest BCUT2D eigenvalue weighted by Crippen LogP contribution is 2.13. The van der Waals surface area contributed by atoms with E-state index in [9.17, 15) is 4.79 Å². The zero-order valence-electron chi connectivity index (χ0n) is 9.87. The molecule has 0 radical (unpaired) electrons. The summed E-state index contributed by atoms with van der Waals surface area (Å²) in [5.74, 6) is 0.140. The lowest BCUT2D eigenvalue weighted by atomic mass is 10.1. The molecule has 0 saturated carbocycles. The Morgan fingerprint density at radius 3 is 2.13 bits per heavy atom. The second-order valence-electron chi connectivity index (χ2n) is 4.30. The lowest BCUT2D eigenvalue weighted by molar-refractivity contribution is -0.124. The van der Waals surface area contributed by atoms with Crippen molar-refractivity contribution in [2.75, 3.05) is 0 Å². The van der Waals surface area contributed by atoms with Crippen LogP contribution in [0.15, 0.2) is 24.3 Å². The van der Waals surface area contributed by atoms with Gasteiger partial charge >= 0.3 is 0 Å². The van der Waals surface area contributed by atoms with Crippen molar-refractivity contribution in [3.8, 4) is 0 Å². The summed E-state index contributed by atoms with van der Waals surface area (Å²) in [6.45, 7) is 7.86. The molecule has 0 aliphatic rings. The molecular weight excluding hydrogens is 186 g/mol. The summed E-state index contributed by atoms with van der Waals surface area (Å²) >= 11 is 0. The van der Waals surface area contributed by atoms with Gasteiger partial charge in [-0.2, -0.15) is 0 Å². The topological polar surface area (TPSA) is 29.1 Å². The fourth-order valence-corrected chi connectivity index (χ4v) is 1.32. The average molecular weight is 205 g/mol. The normalized spacial score (nSPS) is 12.6. The molecule has 1 aromatic rings. The van der Waals surface area contributed by atoms with Gasteiger partial charge in [0.25, 0.3) is 0 Å². The molecule has 1 aromatic carbocycles. The molecular formula is C13H19NO. The summed E-state index contributed by atoms with van der Waals surface area (Å²) < 4.78 is 0. The van der Waals surface area contributed by atoms with Crippen LogP contribution >= 0.6 is 0 Å². The first kappa shape index (κ1) is 11.8. The highest BCUT2D eigenvalue weighted by Gasteiger charge is 2.11. The van der Waals surface area contributed by atoms with Gasteiger partial charge in [-0.3, -0.25) is 4.79 Å². The first-order chi connectivity index (χ1) is 7.00. The van der Waals surface area contributed by atoms with Crippen molar-refractivity contribution in [1.82, 2.24) is 5.32 Å². The number of carbonyl (C=O) groups excluding carboxylic acids is 1. The predicted molar refractivity (Wildman–Crippen MR) is 62.6 cm³/mol. The third-order valence-corrected chi connectivity index (χ3v) is 2.46. The van der Waals surface area contributed by atoms with Crippen molar-refractivity contribution in [2.45, 2.75) is 33.7 Å². The summed E-state index contributed by atoms with van der Waals surface area (Å²) in [6.07, 6.45) is 0. The fraction of sp³-hybridized carbons (Fsp3) is 0.462. The Kier molecular flexibility index (Phi) is 3.89. The average Bonchev–Trinajstić information content (AvgIpc) is 2.18. The second kappa shape index (κ2) is 4.96. The molecule has 2 nitrogen and oxygen atoms in total. The predicted octanol–water partition coefficient (Wildman–Crippen LogP) is 2.83. The summed E-state index contributed by atoms with van der Waals surface area (Å²) in [7, 11) is 0. The van der Waals surface area contributed by atoms with Gasteiger partial charge in [0, 0.05) is 5.92 Å². The standard InChI is InChI=1S/C13H19NO/c1-9(2)13(15)14-11(4)12-7-5-10(3)6-8-12/h5-9,11H,1-4H3,(H,14,15)/t11-/m1/s1. The van der Waals surface area contributed by atoms with Crippen LogP contribution in [0, 0.1) is 12.8 Å². The Morgan fingerprint density at radius 1 is 1.13 bits per heavy atom. The zero-order valence-corrected chi connectivity index (χ0v) is 9.87. The molecule has 0 aliphatic carbocycles. The maximum Gasteiger partial charge on any atom is 0.223 e. The van der Waals surface area contributed by atoms with Crippen LogP contribution in [-0.2, 0) is 4.79 Å². The summed E-state index contributed by atoms with van der Waals surface area (Å²) in [4.78, 5) is 11.5. The minimum Gasteiger partial charge on any atom is -0.349 e. The molecule has 0 unspecified atom stereocenters. The number of rotatable bonds is 3. The van der Waals surface area contributed by atoms with Gasteiger partial charge in [0.05, 0.1) is 6.04 Å². The maximum absolute atomic E-state index is 11.5. The zero-order chi connectivity index (χ0) is 11.4. The number of carbonyl (C=O) groups is 1. The van der Waals surface area contributed by atoms with E-state index in [1.54, 1.807) is 0 Å². The van der Waals surface area contributed by atoms with Crippen molar-refractivity contribution in [3.05, 3.63) is 35.4 Å². The highest BCUT2D eigenvalue weighted by atomic mass is 16.1. The molecule has 0 saturated heterocycles. The van der Waals surface area contributed by atoms with E-state index >= 15 is 0 Å². The summed E-state index contributed by atoms with van der Waals surface area (Å²) in [5.41, 5.74) is 2.38. The van der Waals surface area contributed by atoms with Crippen LogP contribution in [-0.4, -0.2) is 5.91 Å². The Bertz CT molecular complexity index is 327. The van der Waals surface area contributed by atoms with Gasteiger partial charge in [-0.1, -0.05) is 43.7 Å². The molecule has 0 heterocycles. The van der Waals surface area contributed by atoms with E-state index < -0.39 is 0 Å². The van der Waals surface area contributed by atoms with Crippen LogP contribution in [0.1, 0.15) is 37.9 Å². The Morgan fingerprint density at radius 2 is 1.67 bits per heavy atom. The summed E-state index contributed by atoms with van der Waals surface area (Å²) in [5, 5.41) is 2.98. The Labute approximate surface area is 91.7 Å². The molecule has 1 rings (SSSR count). The quantitative estimate of drug-likeness (QED) is 0.807. The molecule has 0 aliphatic heterocycles. The molecule has 0 fully saturated rings. The van der Waals surface area contributed by atoms with E-state index in [-0.39, 0.29) is 17.9 Å². The van der Waals surface area contributed by atoms with Crippen LogP contribution in [0.2, 0.25) is 0 Å². The smallest absolute Gasteiger partial charge is 0.223 e. The highest BCUT2D eigenvalue weighted by molar-refractivity contribution is 5.78. The summed E-state index contributed by atoms with van der Waals surface area (Å²) in [6, 6.07) is 8.32. The maximum atomic E-state index is 11.5. The van der Waals surface area contributed by atoms with Crippen LogP contribution in [0.25, 0.3) is 0 Å². The van der Waals surface area contributed by atoms with Crippen molar-refractivity contribution in [3.63, 3.8) is 0 Å². The van der Waals surface area contributed by atoms with E-state index in [1.165, 1.54) is 5.56 Å². The van der Waals surface area contributed by atoms with Gasteiger partial charge in [-0.15, -0.1) is 0 Å². The van der Waals surface area contributed by atoms with Crippen LogP contribution < -0.4 is 5.32 Å². The SMILES string of the molecule is Cc1ccc([C@@H](C)NC(=O)C(C)C)cc1. The first-order valence-corrected chi connectivity index (χ1v) is 5.37. The van der Waals surface area contributed by atoms with Crippen molar-refractivity contribution < 1.29 is 4.79 Å². The van der Waals surface area contributed by atoms with E-state index in [4.69, 9.17) is 0 Å². The molecule has 1 amide bonds. The molecule has 1 N–H and O–H groups in total. The third-order valence-electron chi connectivity index (χ3n) is 2.46. The number of aryl methyl sites for hydroxylation is 1. The minimum absolute atomic E-state index is 0.0397.